The van der Waals surface area contributed by atoms with Gasteiger partial charge in [0, 0.05) is 5.56 Å². The average molecular weight is 450 g/mol. The number of fused-ring (bicyclic) bond motifs is 2. The zero-order chi connectivity index (χ0) is 23.8. The summed E-state index contributed by atoms with van der Waals surface area (Å²) in [5.41, 5.74) is -0.0540. The van der Waals surface area contributed by atoms with Gasteiger partial charge in [0.05, 0.1) is 24.2 Å². The summed E-state index contributed by atoms with van der Waals surface area (Å²) >= 11 is 0. The lowest BCUT2D eigenvalue weighted by Crippen LogP contribution is -2.32. The molecule has 6 nitrogen and oxygen atoms in total. The molecule has 0 aliphatic heterocycles. The van der Waals surface area contributed by atoms with Gasteiger partial charge in [-0.2, -0.15) is 0 Å². The molecule has 33 heavy (non-hydrogen) atoms. The number of carbonyl (C=O) groups excluding carboxylic acids is 2. The van der Waals surface area contributed by atoms with Crippen molar-refractivity contribution in [1.82, 2.24) is 0 Å². The van der Waals surface area contributed by atoms with Crippen LogP contribution in [-0.4, -0.2) is 36.5 Å². The fourth-order valence-electron chi connectivity index (χ4n) is 4.05. The number of hydrogen-bond donors (Lipinski definition) is 1. The summed E-state index contributed by atoms with van der Waals surface area (Å²) in [5, 5.41) is 17.1. The predicted molar refractivity (Wildman–Crippen MR) is 130 cm³/mol. The second-order valence-corrected chi connectivity index (χ2v) is 8.81. The molecule has 174 valence electrons. The molecule has 0 aromatic heterocycles. The van der Waals surface area contributed by atoms with E-state index < -0.39 is 23.3 Å². The molecular weight excluding hydrogens is 418 g/mol. The van der Waals surface area contributed by atoms with E-state index in [1.54, 1.807) is 20.1 Å². The van der Waals surface area contributed by atoms with Crippen molar-refractivity contribution < 1.29 is 24.3 Å². The van der Waals surface area contributed by atoms with Gasteiger partial charge in [-0.25, -0.2) is 4.79 Å². The quantitative estimate of drug-likeness (QED) is 0.150. The van der Waals surface area contributed by atoms with E-state index in [9.17, 15) is 9.59 Å². The van der Waals surface area contributed by atoms with Crippen LogP contribution in [0, 0.1) is 11.3 Å². The van der Waals surface area contributed by atoms with Crippen molar-refractivity contribution in [2.24, 2.45) is 16.5 Å². The van der Waals surface area contributed by atoms with Crippen molar-refractivity contribution in [3.63, 3.8) is 0 Å². The normalized spacial score (nSPS) is 12.8. The third-order valence-electron chi connectivity index (χ3n) is 5.75. The maximum Gasteiger partial charge on any atom is 0.340 e. The molecule has 6 heteroatoms. The van der Waals surface area contributed by atoms with Crippen molar-refractivity contribution in [3.05, 3.63) is 60.2 Å². The van der Waals surface area contributed by atoms with E-state index in [4.69, 9.17) is 14.7 Å². The number of nitrogens with zero attached hydrogens (tertiary/aromatic N) is 1. The van der Waals surface area contributed by atoms with Gasteiger partial charge in [0.1, 0.15) is 6.61 Å². The fraction of sp³-hybridized carbons (Fsp3) is 0.370. The Labute approximate surface area is 194 Å². The van der Waals surface area contributed by atoms with Crippen LogP contribution in [0.15, 0.2) is 59.8 Å². The zero-order valence-electron chi connectivity index (χ0n) is 19.4. The van der Waals surface area contributed by atoms with E-state index in [0.717, 1.165) is 33.5 Å². The Balaban J connectivity index is 1.78. The molecule has 0 aliphatic carbocycles. The number of aliphatic hydroxyl groups is 1. The number of rotatable bonds is 10. The molecule has 0 radical (unpaired) electrons. The molecule has 1 N–H and O–H groups in total. The van der Waals surface area contributed by atoms with Gasteiger partial charge in [0.25, 0.3) is 0 Å². The molecule has 0 bridgehead atoms. The average Bonchev–Trinajstić information content (AvgIpc) is 2.81. The van der Waals surface area contributed by atoms with Crippen LogP contribution >= 0.6 is 0 Å². The Kier molecular flexibility index (Phi) is 8.17. The number of carbonyl (C=O) groups is 2. The van der Waals surface area contributed by atoms with Crippen molar-refractivity contribution in [2.75, 3.05) is 13.2 Å². The van der Waals surface area contributed by atoms with Crippen LogP contribution in [-0.2, 0) is 19.2 Å². The molecule has 0 spiro atoms. The summed E-state index contributed by atoms with van der Waals surface area (Å²) in [7, 11) is 0. The van der Waals surface area contributed by atoms with Crippen molar-refractivity contribution in [1.29, 1.82) is 0 Å². The van der Waals surface area contributed by atoms with Gasteiger partial charge in [0.15, 0.2) is 0 Å². The number of hydrogen-bond acceptors (Lipinski definition) is 6. The second-order valence-electron chi connectivity index (χ2n) is 8.81. The number of benzene rings is 3. The zero-order valence-corrected chi connectivity index (χ0v) is 19.4. The molecule has 1 atom stereocenters. The highest BCUT2D eigenvalue weighted by atomic mass is 16.7. The maximum atomic E-state index is 12.8. The van der Waals surface area contributed by atoms with E-state index in [1.165, 1.54) is 0 Å². The minimum absolute atomic E-state index is 0.0484. The van der Waals surface area contributed by atoms with E-state index in [-0.39, 0.29) is 19.6 Å². The molecule has 0 amide bonds. The second kappa shape index (κ2) is 11.1. The number of aliphatic hydroxyl groups excluding tert-OH is 1. The monoisotopic (exact) mass is 449 g/mol. The summed E-state index contributed by atoms with van der Waals surface area (Å²) in [6.45, 7) is 5.16. The molecule has 0 fully saturated rings. The standard InChI is InChI=1S/C27H31NO5/c1-4-9-21(25(30)32-15-14-29)17-27(2,3)26(31)33-28-18-24-22-12-7-5-10-19(22)16-20-11-6-8-13-23(20)24/h5-8,10-13,16,18,21,29H,4,9,14-15,17H2,1-3H3. The molecule has 0 heterocycles. The first-order chi connectivity index (χ1) is 15.9. The highest BCUT2D eigenvalue weighted by molar-refractivity contribution is 6.13. The highest BCUT2D eigenvalue weighted by Gasteiger charge is 2.36. The summed E-state index contributed by atoms with van der Waals surface area (Å²) in [6, 6.07) is 18.1. The maximum absolute atomic E-state index is 12.8. The molecule has 1 unspecified atom stereocenters. The summed E-state index contributed by atoms with van der Waals surface area (Å²) in [4.78, 5) is 30.4. The first-order valence-electron chi connectivity index (χ1n) is 11.3. The summed E-state index contributed by atoms with van der Waals surface area (Å²) < 4.78 is 5.08. The van der Waals surface area contributed by atoms with E-state index >= 15 is 0 Å². The third kappa shape index (κ3) is 5.96. The minimum Gasteiger partial charge on any atom is -0.463 e. The Hall–Kier alpha value is -3.25. The largest absolute Gasteiger partial charge is 0.463 e. The third-order valence-corrected chi connectivity index (χ3v) is 5.75. The van der Waals surface area contributed by atoms with Gasteiger partial charge < -0.3 is 14.7 Å². The molecule has 0 saturated heterocycles. The Morgan fingerprint density at radius 2 is 1.67 bits per heavy atom. The molecule has 3 aromatic rings. The van der Waals surface area contributed by atoms with Gasteiger partial charge in [-0.05, 0) is 54.3 Å². The van der Waals surface area contributed by atoms with Gasteiger partial charge in [-0.1, -0.05) is 67.0 Å². The first-order valence-corrected chi connectivity index (χ1v) is 11.3. The van der Waals surface area contributed by atoms with Gasteiger partial charge in [0.2, 0.25) is 0 Å². The molecule has 3 rings (SSSR count). The van der Waals surface area contributed by atoms with Crippen LogP contribution in [0.5, 0.6) is 0 Å². The van der Waals surface area contributed by atoms with Crippen LogP contribution < -0.4 is 0 Å². The summed E-state index contributed by atoms with van der Waals surface area (Å²) in [5.74, 6) is -1.37. The van der Waals surface area contributed by atoms with Gasteiger partial charge in [-0.3, -0.25) is 4.79 Å². The smallest absolute Gasteiger partial charge is 0.340 e. The highest BCUT2D eigenvalue weighted by Crippen LogP contribution is 2.31. The van der Waals surface area contributed by atoms with E-state index in [2.05, 4.69) is 11.2 Å². The van der Waals surface area contributed by atoms with Crippen LogP contribution in [0.2, 0.25) is 0 Å². The Morgan fingerprint density at radius 1 is 1.06 bits per heavy atom. The lowest BCUT2D eigenvalue weighted by molar-refractivity contribution is -0.158. The SMILES string of the molecule is CCCC(CC(C)(C)C(=O)ON=Cc1c2ccccc2cc2ccccc12)C(=O)OCCO. The molecule has 3 aromatic carbocycles. The lowest BCUT2D eigenvalue weighted by Gasteiger charge is -2.25. The van der Waals surface area contributed by atoms with Gasteiger partial charge >= 0.3 is 11.9 Å². The van der Waals surface area contributed by atoms with Crippen molar-refractivity contribution >= 4 is 39.7 Å². The van der Waals surface area contributed by atoms with Crippen molar-refractivity contribution in [3.8, 4) is 0 Å². The number of oxime groups is 1. The van der Waals surface area contributed by atoms with Gasteiger partial charge in [-0.15, -0.1) is 0 Å². The predicted octanol–water partition coefficient (Wildman–Crippen LogP) is 5.24. The van der Waals surface area contributed by atoms with Crippen LogP contribution in [0.4, 0.5) is 0 Å². The Bertz CT molecular complexity index is 1100. The molecular formula is C27H31NO5. The van der Waals surface area contributed by atoms with E-state index in [0.29, 0.717) is 6.42 Å². The van der Waals surface area contributed by atoms with Crippen LogP contribution in [0.1, 0.15) is 45.6 Å². The fourth-order valence-corrected chi connectivity index (χ4v) is 4.05. The topological polar surface area (TPSA) is 85.2 Å². The molecule has 0 saturated carbocycles. The van der Waals surface area contributed by atoms with Crippen LogP contribution in [0.25, 0.3) is 21.5 Å². The summed E-state index contributed by atoms with van der Waals surface area (Å²) in [6.07, 6.45) is 3.22. The minimum atomic E-state index is -0.934. The lowest BCUT2D eigenvalue weighted by atomic mass is 9.81. The first kappa shape index (κ1) is 24.4. The van der Waals surface area contributed by atoms with E-state index in [1.807, 2.05) is 55.5 Å². The Morgan fingerprint density at radius 3 is 2.24 bits per heavy atom. The number of esters is 1. The number of ether oxygens (including phenoxy) is 1. The van der Waals surface area contributed by atoms with Crippen LogP contribution in [0.3, 0.4) is 0 Å². The molecule has 0 aliphatic rings. The van der Waals surface area contributed by atoms with Crippen molar-refractivity contribution in [2.45, 2.75) is 40.0 Å².